The van der Waals surface area contributed by atoms with Crippen molar-refractivity contribution >= 4 is 34.9 Å². The Morgan fingerprint density at radius 3 is 2.46 bits per heavy atom. The van der Waals surface area contributed by atoms with Crippen molar-refractivity contribution < 1.29 is 27.2 Å². The Kier molecular flexibility index (Phi) is 8.76. The van der Waals surface area contributed by atoms with Gasteiger partial charge in [0.05, 0.1) is 17.0 Å². The Hall–Kier alpha value is -2.16. The van der Waals surface area contributed by atoms with E-state index in [9.17, 15) is 27.2 Å². The highest BCUT2D eigenvalue weighted by molar-refractivity contribution is 6.35. The summed E-state index contributed by atoms with van der Waals surface area (Å²) >= 11 is 12.4. The Morgan fingerprint density at radius 2 is 1.80 bits per heavy atom. The molecule has 0 aromatic heterocycles. The van der Waals surface area contributed by atoms with Gasteiger partial charge in [-0.3, -0.25) is 9.59 Å². The minimum Gasteiger partial charge on any atom is -0.346 e. The van der Waals surface area contributed by atoms with Crippen molar-refractivity contribution in [1.29, 1.82) is 0 Å². The summed E-state index contributed by atoms with van der Waals surface area (Å²) in [5.74, 6) is -0.658. The number of halogens is 6. The second-order valence-corrected chi connectivity index (χ2v) is 13.0. The van der Waals surface area contributed by atoms with E-state index in [4.69, 9.17) is 28.9 Å². The smallest absolute Gasteiger partial charge is 0.346 e. The van der Waals surface area contributed by atoms with E-state index in [0.717, 1.165) is 49.8 Å². The molecule has 0 spiro atoms. The van der Waals surface area contributed by atoms with Crippen LogP contribution in [0.15, 0.2) is 36.4 Å². The number of carbonyl (C=O) groups excluding carboxylic acids is 2. The van der Waals surface area contributed by atoms with Gasteiger partial charge in [0.15, 0.2) is 5.78 Å². The number of alkyl halides is 3. The van der Waals surface area contributed by atoms with Crippen LogP contribution >= 0.6 is 23.2 Å². The number of Topliss-reactive ketones (excluding diaryl/α,β-unsaturated/α-hetero) is 1. The number of amides is 1. The maximum absolute atomic E-state index is 14.9. The van der Waals surface area contributed by atoms with E-state index < -0.39 is 34.9 Å². The first-order valence-corrected chi connectivity index (χ1v) is 15.0. The van der Waals surface area contributed by atoms with Gasteiger partial charge in [0.25, 0.3) is 0 Å². The van der Waals surface area contributed by atoms with Gasteiger partial charge in [-0.05, 0) is 98.9 Å². The van der Waals surface area contributed by atoms with Crippen LogP contribution in [0.2, 0.25) is 10.0 Å². The van der Waals surface area contributed by atoms with Crippen molar-refractivity contribution in [1.82, 2.24) is 5.32 Å². The van der Waals surface area contributed by atoms with E-state index in [1.54, 1.807) is 18.2 Å². The Morgan fingerprint density at radius 1 is 1.05 bits per heavy atom. The fourth-order valence-corrected chi connectivity index (χ4v) is 7.47. The highest BCUT2D eigenvalue weighted by Crippen LogP contribution is 2.50. The largest absolute Gasteiger partial charge is 0.416 e. The fourth-order valence-electron chi connectivity index (χ4n) is 6.97. The third-order valence-corrected chi connectivity index (χ3v) is 9.95. The monoisotopic (exact) mass is 612 g/mol. The highest BCUT2D eigenvalue weighted by atomic mass is 35.5. The Bertz CT molecular complexity index is 1310. The number of carbonyl (C=O) groups is 2. The normalized spacial score (nSPS) is 25.8. The molecule has 5 unspecified atom stereocenters. The van der Waals surface area contributed by atoms with Crippen LogP contribution in [0.3, 0.4) is 0 Å². The summed E-state index contributed by atoms with van der Waals surface area (Å²) in [5, 5.41) is 3.81. The molecule has 5 atom stereocenters. The molecule has 4 aliphatic carbocycles. The SMILES string of the molecule is NC1CC2CCC(C1)C(CC(=O)C(CCc1ccc(Cl)cc1Cl)NC(=O)C1(c3ccc(C(F)(F)F)cc3F)CC1)C2. The first-order valence-electron chi connectivity index (χ1n) is 14.3. The third kappa shape index (κ3) is 6.75. The van der Waals surface area contributed by atoms with Crippen LogP contribution in [-0.4, -0.2) is 23.8 Å². The molecule has 222 valence electrons. The van der Waals surface area contributed by atoms with Gasteiger partial charge in [-0.25, -0.2) is 4.39 Å². The molecule has 4 nitrogen and oxygen atoms in total. The van der Waals surface area contributed by atoms with Crippen molar-refractivity contribution in [3.05, 3.63) is 69.0 Å². The number of nitrogens with one attached hydrogen (secondary N) is 1. The number of hydrogen-bond acceptors (Lipinski definition) is 3. The van der Waals surface area contributed by atoms with E-state index in [0.29, 0.717) is 40.8 Å². The number of aryl methyl sites for hydroxylation is 1. The number of rotatable bonds is 9. The molecular formula is C31H34Cl2F4N2O2. The number of hydrogen-bond donors (Lipinski definition) is 2. The van der Waals surface area contributed by atoms with E-state index in [1.807, 2.05) is 0 Å². The molecule has 10 heteroatoms. The van der Waals surface area contributed by atoms with Gasteiger partial charge in [-0.15, -0.1) is 0 Å². The molecule has 2 aromatic carbocycles. The minimum atomic E-state index is -4.69. The average Bonchev–Trinajstić information content (AvgIpc) is 3.73. The van der Waals surface area contributed by atoms with Gasteiger partial charge in [0.1, 0.15) is 5.82 Å². The topological polar surface area (TPSA) is 72.2 Å². The Labute approximate surface area is 247 Å². The molecule has 4 fully saturated rings. The van der Waals surface area contributed by atoms with Crippen LogP contribution in [-0.2, 0) is 27.6 Å². The molecule has 4 saturated carbocycles. The molecule has 2 bridgehead atoms. The number of nitrogens with two attached hydrogens (primary N) is 1. The molecule has 1 amide bonds. The average molecular weight is 614 g/mol. The van der Waals surface area contributed by atoms with Crippen molar-refractivity contribution in [2.75, 3.05) is 0 Å². The molecule has 4 aliphatic rings. The third-order valence-electron chi connectivity index (χ3n) is 9.36. The van der Waals surface area contributed by atoms with Crippen LogP contribution in [0.1, 0.15) is 74.5 Å². The lowest BCUT2D eigenvalue weighted by Gasteiger charge is -2.33. The highest BCUT2D eigenvalue weighted by Gasteiger charge is 2.53. The van der Waals surface area contributed by atoms with E-state index in [1.165, 1.54) is 0 Å². The molecule has 0 saturated heterocycles. The zero-order valence-corrected chi connectivity index (χ0v) is 24.1. The summed E-state index contributed by atoms with van der Waals surface area (Å²) in [4.78, 5) is 27.4. The summed E-state index contributed by atoms with van der Waals surface area (Å²) in [7, 11) is 0. The number of ketones is 1. The van der Waals surface area contributed by atoms with Gasteiger partial charge in [0, 0.05) is 28.1 Å². The van der Waals surface area contributed by atoms with Gasteiger partial charge in [-0.2, -0.15) is 13.2 Å². The first-order chi connectivity index (χ1) is 19.4. The molecule has 0 radical (unpaired) electrons. The molecule has 2 aromatic rings. The van der Waals surface area contributed by atoms with Gasteiger partial charge in [-0.1, -0.05) is 41.8 Å². The second-order valence-electron chi connectivity index (χ2n) is 12.2. The molecule has 0 aliphatic heterocycles. The maximum atomic E-state index is 14.9. The van der Waals surface area contributed by atoms with E-state index in [2.05, 4.69) is 5.32 Å². The number of benzene rings is 2. The van der Waals surface area contributed by atoms with Gasteiger partial charge >= 0.3 is 6.18 Å². The van der Waals surface area contributed by atoms with E-state index >= 15 is 0 Å². The van der Waals surface area contributed by atoms with Crippen molar-refractivity contribution in [2.45, 2.75) is 87.9 Å². The van der Waals surface area contributed by atoms with Crippen molar-refractivity contribution in [3.63, 3.8) is 0 Å². The second kappa shape index (κ2) is 11.8. The summed E-state index contributed by atoms with van der Waals surface area (Å²) in [6, 6.07) is 6.66. The fraction of sp³-hybridized carbons (Fsp3) is 0.548. The summed E-state index contributed by atoms with van der Waals surface area (Å²) in [5.41, 5.74) is 4.60. The van der Waals surface area contributed by atoms with Gasteiger partial charge < -0.3 is 11.1 Å². The molecule has 0 heterocycles. The lowest BCUT2D eigenvalue weighted by molar-refractivity contribution is -0.137. The standard InChI is InChI=1S/C31H34Cl2F4N2O2/c32-22-6-3-18(25(33)16-22)4-8-27(28(40)14-20-11-17-1-2-19(20)13-23(38)12-17)39-29(41)30(9-10-30)24-7-5-21(15-26(24)34)31(35,36)37/h3,5-7,15-17,19-20,23,27H,1-2,4,8-14,38H2,(H,39,41). The lowest BCUT2D eigenvalue weighted by Crippen LogP contribution is -2.47. The van der Waals surface area contributed by atoms with Crippen LogP contribution < -0.4 is 11.1 Å². The molecule has 6 rings (SSSR count). The van der Waals surface area contributed by atoms with Gasteiger partial charge in [0.2, 0.25) is 5.91 Å². The zero-order valence-electron chi connectivity index (χ0n) is 22.6. The maximum Gasteiger partial charge on any atom is 0.416 e. The van der Waals surface area contributed by atoms with Crippen LogP contribution in [0.25, 0.3) is 0 Å². The van der Waals surface area contributed by atoms with E-state index in [-0.39, 0.29) is 42.6 Å². The number of fused-ring (bicyclic) bond motifs is 4. The van der Waals surface area contributed by atoms with Crippen LogP contribution in [0.5, 0.6) is 0 Å². The summed E-state index contributed by atoms with van der Waals surface area (Å²) in [6.45, 7) is 0. The predicted octanol–water partition coefficient (Wildman–Crippen LogP) is 7.41. The van der Waals surface area contributed by atoms with Crippen LogP contribution in [0, 0.1) is 23.6 Å². The quantitative estimate of drug-likeness (QED) is 0.290. The van der Waals surface area contributed by atoms with Crippen LogP contribution in [0.4, 0.5) is 17.6 Å². The zero-order chi connectivity index (χ0) is 29.5. The lowest BCUT2D eigenvalue weighted by atomic mass is 9.73. The summed E-state index contributed by atoms with van der Waals surface area (Å²) < 4.78 is 54.2. The minimum absolute atomic E-state index is 0.0787. The van der Waals surface area contributed by atoms with Crippen molar-refractivity contribution in [3.8, 4) is 0 Å². The Balaban J connectivity index is 1.35. The molecule has 41 heavy (non-hydrogen) atoms. The summed E-state index contributed by atoms with van der Waals surface area (Å²) in [6.07, 6.45) is 1.84. The molecule has 3 N–H and O–H groups in total. The molecular weight excluding hydrogens is 579 g/mol. The van der Waals surface area contributed by atoms with Crippen molar-refractivity contribution in [2.24, 2.45) is 23.5 Å². The predicted molar refractivity (Wildman–Crippen MR) is 150 cm³/mol. The first kappa shape index (κ1) is 30.3.